The maximum atomic E-state index is 12.4. The second-order valence-corrected chi connectivity index (χ2v) is 7.02. The summed E-state index contributed by atoms with van der Waals surface area (Å²) in [5.41, 5.74) is 1.66. The Balaban J connectivity index is 1.44. The van der Waals surface area contributed by atoms with Crippen molar-refractivity contribution in [3.63, 3.8) is 0 Å². The first-order chi connectivity index (χ1) is 10.1. The molecule has 4 rings (SSSR count). The highest BCUT2D eigenvalue weighted by atomic mass is 16.2. The number of benzene rings is 1. The minimum absolute atomic E-state index is 0.123. The molecule has 4 nitrogen and oxygen atoms in total. The van der Waals surface area contributed by atoms with E-state index in [2.05, 4.69) is 12.2 Å². The number of hydrogen-bond acceptors (Lipinski definition) is 3. The average molecular weight is 284 g/mol. The fourth-order valence-electron chi connectivity index (χ4n) is 4.06. The Morgan fingerprint density at radius 2 is 1.76 bits per heavy atom. The molecule has 2 amide bonds. The van der Waals surface area contributed by atoms with Crippen LogP contribution in [-0.4, -0.2) is 36.3 Å². The summed E-state index contributed by atoms with van der Waals surface area (Å²) in [5, 5.41) is 3.34. The Morgan fingerprint density at radius 1 is 1.19 bits per heavy atom. The lowest BCUT2D eigenvalue weighted by atomic mass is 9.55. The van der Waals surface area contributed by atoms with Crippen molar-refractivity contribution < 1.29 is 9.59 Å². The summed E-state index contributed by atoms with van der Waals surface area (Å²) in [6.07, 6.45) is 2.48. The number of hydrogen-bond donors (Lipinski definition) is 1. The van der Waals surface area contributed by atoms with E-state index in [0.717, 1.165) is 13.1 Å². The Hall–Kier alpha value is -1.68. The van der Waals surface area contributed by atoms with Gasteiger partial charge in [0.1, 0.15) is 0 Å². The van der Waals surface area contributed by atoms with Gasteiger partial charge in [0.25, 0.3) is 11.8 Å². The second-order valence-electron chi connectivity index (χ2n) is 7.02. The molecule has 2 heterocycles. The zero-order valence-electron chi connectivity index (χ0n) is 12.3. The lowest BCUT2D eigenvalue weighted by Gasteiger charge is -2.56. The minimum Gasteiger partial charge on any atom is -0.316 e. The van der Waals surface area contributed by atoms with E-state index >= 15 is 0 Å². The largest absolute Gasteiger partial charge is 0.316 e. The number of carbonyl (C=O) groups excluding carboxylic acids is 2. The maximum absolute atomic E-state index is 12.4. The number of nitrogens with zero attached hydrogens (tertiary/aromatic N) is 1. The van der Waals surface area contributed by atoms with E-state index in [0.29, 0.717) is 34.9 Å². The van der Waals surface area contributed by atoms with Crippen LogP contribution in [0.3, 0.4) is 0 Å². The van der Waals surface area contributed by atoms with Gasteiger partial charge in [0, 0.05) is 19.6 Å². The molecule has 3 aliphatic rings. The fourth-order valence-corrected chi connectivity index (χ4v) is 4.06. The van der Waals surface area contributed by atoms with Crippen molar-refractivity contribution in [3.05, 3.63) is 35.4 Å². The zero-order chi connectivity index (χ0) is 14.6. The van der Waals surface area contributed by atoms with Crippen molar-refractivity contribution in [2.24, 2.45) is 17.3 Å². The Morgan fingerprint density at radius 3 is 2.24 bits per heavy atom. The normalized spacial score (nSPS) is 24.7. The molecule has 1 atom stereocenters. The number of imide groups is 1. The third-order valence-corrected chi connectivity index (χ3v) is 5.54. The molecule has 1 aliphatic carbocycles. The van der Waals surface area contributed by atoms with Gasteiger partial charge in [-0.3, -0.25) is 14.5 Å². The Labute approximate surface area is 124 Å². The molecule has 0 radical (unpaired) electrons. The van der Waals surface area contributed by atoms with Gasteiger partial charge >= 0.3 is 0 Å². The fraction of sp³-hybridized carbons (Fsp3) is 0.529. The number of amides is 2. The molecule has 0 bridgehead atoms. The van der Waals surface area contributed by atoms with Crippen LogP contribution in [0.1, 0.15) is 40.5 Å². The van der Waals surface area contributed by atoms with Gasteiger partial charge in [0.15, 0.2) is 0 Å². The van der Waals surface area contributed by atoms with E-state index in [-0.39, 0.29) is 11.8 Å². The van der Waals surface area contributed by atoms with E-state index in [4.69, 9.17) is 0 Å². The first-order valence-electron chi connectivity index (χ1n) is 7.76. The van der Waals surface area contributed by atoms with Crippen LogP contribution < -0.4 is 5.32 Å². The van der Waals surface area contributed by atoms with Gasteiger partial charge in [0.05, 0.1) is 11.1 Å². The highest BCUT2D eigenvalue weighted by Gasteiger charge is 2.50. The number of rotatable bonds is 3. The number of nitrogens with one attached hydrogen (secondary N) is 1. The summed E-state index contributed by atoms with van der Waals surface area (Å²) in [6, 6.07) is 7.13. The molecule has 1 aromatic rings. The summed E-state index contributed by atoms with van der Waals surface area (Å²) >= 11 is 0. The summed E-state index contributed by atoms with van der Waals surface area (Å²) in [7, 11) is 0. The van der Waals surface area contributed by atoms with Crippen LogP contribution in [0.25, 0.3) is 0 Å². The standard InChI is InChI=1S/C17H20N2O2/c1-11(12-6-17(7-12)9-18-10-17)8-19-15(20)13-4-2-3-5-14(13)16(19)21/h2-5,11-12,18H,6-10H2,1H3/t11-/m0/s1. The number of fused-ring (bicyclic) bond motifs is 1. The maximum Gasteiger partial charge on any atom is 0.261 e. The molecule has 2 fully saturated rings. The van der Waals surface area contributed by atoms with Crippen LogP contribution in [0.4, 0.5) is 0 Å². The van der Waals surface area contributed by atoms with Crippen LogP contribution in [0.15, 0.2) is 24.3 Å². The molecule has 0 unspecified atom stereocenters. The Kier molecular flexibility index (Phi) is 2.73. The summed E-state index contributed by atoms with van der Waals surface area (Å²) < 4.78 is 0. The highest BCUT2D eigenvalue weighted by Crippen LogP contribution is 2.51. The van der Waals surface area contributed by atoms with Crippen LogP contribution in [-0.2, 0) is 0 Å². The average Bonchev–Trinajstić information content (AvgIpc) is 2.61. The van der Waals surface area contributed by atoms with E-state index in [1.165, 1.54) is 17.7 Å². The quantitative estimate of drug-likeness (QED) is 0.863. The van der Waals surface area contributed by atoms with Crippen molar-refractivity contribution >= 4 is 11.8 Å². The van der Waals surface area contributed by atoms with E-state index in [1.54, 1.807) is 12.1 Å². The molecular formula is C17H20N2O2. The van der Waals surface area contributed by atoms with Gasteiger partial charge in [-0.1, -0.05) is 19.1 Å². The first kappa shape index (κ1) is 13.0. The lowest BCUT2D eigenvalue weighted by molar-refractivity contribution is -0.0284. The van der Waals surface area contributed by atoms with Crippen molar-refractivity contribution in [1.82, 2.24) is 10.2 Å². The van der Waals surface area contributed by atoms with E-state index in [9.17, 15) is 9.59 Å². The molecule has 1 saturated carbocycles. The third kappa shape index (κ3) is 1.85. The van der Waals surface area contributed by atoms with Crippen LogP contribution >= 0.6 is 0 Å². The molecule has 2 aliphatic heterocycles. The van der Waals surface area contributed by atoms with Crippen LogP contribution in [0.2, 0.25) is 0 Å². The molecule has 1 saturated heterocycles. The molecule has 1 spiro atoms. The predicted molar refractivity (Wildman–Crippen MR) is 79.0 cm³/mol. The minimum atomic E-state index is -0.123. The third-order valence-electron chi connectivity index (χ3n) is 5.54. The predicted octanol–water partition coefficient (Wildman–Crippen LogP) is 1.92. The van der Waals surface area contributed by atoms with Crippen molar-refractivity contribution in [3.8, 4) is 0 Å². The summed E-state index contributed by atoms with van der Waals surface area (Å²) in [6.45, 7) is 5.01. The van der Waals surface area contributed by atoms with Gasteiger partial charge < -0.3 is 5.32 Å². The van der Waals surface area contributed by atoms with E-state index in [1.807, 2.05) is 12.1 Å². The molecule has 110 valence electrons. The molecule has 4 heteroatoms. The first-order valence-corrected chi connectivity index (χ1v) is 7.76. The summed E-state index contributed by atoms with van der Waals surface area (Å²) in [5.74, 6) is 0.790. The van der Waals surface area contributed by atoms with Gasteiger partial charge in [-0.05, 0) is 42.2 Å². The zero-order valence-corrected chi connectivity index (χ0v) is 12.3. The monoisotopic (exact) mass is 284 g/mol. The SMILES string of the molecule is C[C@@H](CN1C(=O)c2ccccc2C1=O)C1CC2(CNC2)C1. The van der Waals surface area contributed by atoms with E-state index < -0.39 is 0 Å². The second kappa shape index (κ2) is 4.41. The van der Waals surface area contributed by atoms with Crippen molar-refractivity contribution in [2.45, 2.75) is 19.8 Å². The smallest absolute Gasteiger partial charge is 0.261 e. The van der Waals surface area contributed by atoms with Crippen LogP contribution in [0.5, 0.6) is 0 Å². The topological polar surface area (TPSA) is 49.4 Å². The molecule has 21 heavy (non-hydrogen) atoms. The van der Waals surface area contributed by atoms with Crippen molar-refractivity contribution in [1.29, 1.82) is 0 Å². The highest BCUT2D eigenvalue weighted by molar-refractivity contribution is 6.21. The Bertz CT molecular complexity index is 578. The lowest BCUT2D eigenvalue weighted by Crippen LogP contribution is -2.61. The van der Waals surface area contributed by atoms with Gasteiger partial charge in [-0.15, -0.1) is 0 Å². The molecule has 0 aromatic heterocycles. The summed E-state index contributed by atoms with van der Waals surface area (Å²) in [4.78, 5) is 26.2. The molecular weight excluding hydrogens is 264 g/mol. The molecule has 1 N–H and O–H groups in total. The molecule has 1 aromatic carbocycles. The van der Waals surface area contributed by atoms with Crippen molar-refractivity contribution in [2.75, 3.05) is 19.6 Å². The van der Waals surface area contributed by atoms with Crippen LogP contribution in [0, 0.1) is 17.3 Å². The van der Waals surface area contributed by atoms with Gasteiger partial charge in [-0.2, -0.15) is 0 Å². The van der Waals surface area contributed by atoms with Gasteiger partial charge in [0.2, 0.25) is 0 Å². The van der Waals surface area contributed by atoms with Gasteiger partial charge in [-0.25, -0.2) is 0 Å². The number of carbonyl (C=O) groups is 2.